The van der Waals surface area contributed by atoms with Gasteiger partial charge in [0.25, 0.3) is 5.56 Å². The van der Waals surface area contributed by atoms with Gasteiger partial charge in [-0.05, 0) is 37.1 Å². The Morgan fingerprint density at radius 2 is 1.89 bits per heavy atom. The predicted molar refractivity (Wildman–Crippen MR) is 77.9 cm³/mol. The van der Waals surface area contributed by atoms with Crippen molar-refractivity contribution in [3.63, 3.8) is 0 Å². The Bertz CT molecular complexity index is 642. The van der Waals surface area contributed by atoms with Gasteiger partial charge in [-0.25, -0.2) is 0 Å². The third kappa shape index (κ3) is 3.23. The van der Waals surface area contributed by atoms with Crippen LogP contribution >= 0.6 is 15.9 Å². The van der Waals surface area contributed by atoms with Crippen LogP contribution in [0.25, 0.3) is 0 Å². The lowest BCUT2D eigenvalue weighted by atomic mass is 10.1. The highest BCUT2D eigenvalue weighted by molar-refractivity contribution is 9.10. The number of nitrogens with zero attached hydrogens (tertiary/aromatic N) is 1. The summed E-state index contributed by atoms with van der Waals surface area (Å²) >= 11 is 3.51. The molecule has 0 aliphatic carbocycles. The minimum Gasteiger partial charge on any atom is -0.439 e. The van der Waals surface area contributed by atoms with Gasteiger partial charge in [0.05, 0.1) is 6.07 Å². The molecule has 0 saturated carbocycles. The highest BCUT2D eigenvalue weighted by Gasteiger charge is 2.06. The van der Waals surface area contributed by atoms with Crippen molar-refractivity contribution >= 4 is 15.9 Å². The Morgan fingerprint density at radius 1 is 1.26 bits per heavy atom. The molecular weight excluding hydrogens is 308 g/mol. The molecule has 1 aromatic carbocycles. The van der Waals surface area contributed by atoms with Gasteiger partial charge in [0.2, 0.25) is 5.88 Å². The van der Waals surface area contributed by atoms with Crippen molar-refractivity contribution in [3.05, 3.63) is 50.0 Å². The van der Waals surface area contributed by atoms with Gasteiger partial charge in [-0.3, -0.25) is 4.79 Å². The van der Waals surface area contributed by atoms with Gasteiger partial charge < -0.3 is 9.72 Å². The van der Waals surface area contributed by atoms with Gasteiger partial charge in [0, 0.05) is 10.9 Å². The molecule has 5 heteroatoms. The summed E-state index contributed by atoms with van der Waals surface area (Å²) in [7, 11) is 0. The third-order valence-electron chi connectivity index (χ3n) is 2.73. The summed E-state index contributed by atoms with van der Waals surface area (Å²) in [5, 5.41) is 0. The molecule has 0 aliphatic heterocycles. The van der Waals surface area contributed by atoms with E-state index in [4.69, 9.17) is 4.74 Å². The van der Waals surface area contributed by atoms with E-state index in [9.17, 15) is 4.79 Å². The maximum Gasteiger partial charge on any atom is 0.254 e. The smallest absolute Gasteiger partial charge is 0.254 e. The molecule has 100 valence electrons. The lowest BCUT2D eigenvalue weighted by Crippen LogP contribution is -2.10. The molecule has 2 aromatic rings. The van der Waals surface area contributed by atoms with Crippen LogP contribution in [0.5, 0.6) is 11.6 Å². The molecule has 0 unspecified atom stereocenters. The van der Waals surface area contributed by atoms with Crippen LogP contribution in [0.15, 0.2) is 27.5 Å². The second kappa shape index (κ2) is 5.57. The van der Waals surface area contributed by atoms with E-state index in [2.05, 4.69) is 25.9 Å². The number of hydrogen-bond donors (Lipinski definition) is 1. The normalized spacial score (nSPS) is 10.5. The Hall–Kier alpha value is -1.62. The van der Waals surface area contributed by atoms with Crippen LogP contribution in [0.1, 0.15) is 23.9 Å². The number of H-pyrrole nitrogens is 1. The number of nitrogens with one attached hydrogen (secondary N) is 1. The first-order valence-electron chi connectivity index (χ1n) is 6.04. The number of benzene rings is 1. The summed E-state index contributed by atoms with van der Waals surface area (Å²) in [5.41, 5.74) is 1.96. The van der Waals surface area contributed by atoms with Crippen LogP contribution in [0.3, 0.4) is 0 Å². The largest absolute Gasteiger partial charge is 0.439 e. The van der Waals surface area contributed by atoms with Crippen LogP contribution in [0.4, 0.5) is 0 Å². The van der Waals surface area contributed by atoms with Crippen LogP contribution < -0.4 is 10.3 Å². The summed E-state index contributed by atoms with van der Waals surface area (Å²) < 4.78 is 6.73. The predicted octanol–water partition coefficient (Wildman–Crippen LogP) is 3.50. The lowest BCUT2D eigenvalue weighted by molar-refractivity contribution is 0.457. The summed E-state index contributed by atoms with van der Waals surface area (Å²) in [5.74, 6) is 1.62. The maximum atomic E-state index is 11.5. The van der Waals surface area contributed by atoms with Crippen molar-refractivity contribution < 1.29 is 4.74 Å². The van der Waals surface area contributed by atoms with Crippen molar-refractivity contribution in [1.82, 2.24) is 9.97 Å². The number of aromatic amines is 1. The molecule has 1 N–H and O–H groups in total. The molecular formula is C14H15BrN2O2. The molecule has 1 heterocycles. The quantitative estimate of drug-likeness (QED) is 0.940. The first kappa shape index (κ1) is 13.8. The Morgan fingerprint density at radius 3 is 2.47 bits per heavy atom. The molecule has 0 bridgehead atoms. The lowest BCUT2D eigenvalue weighted by Gasteiger charge is -2.09. The molecule has 0 saturated heterocycles. The number of hydrogen-bond acceptors (Lipinski definition) is 3. The third-order valence-corrected chi connectivity index (χ3v) is 3.99. The van der Waals surface area contributed by atoms with E-state index in [1.807, 2.05) is 32.9 Å². The van der Waals surface area contributed by atoms with Crippen LogP contribution in [0, 0.1) is 13.8 Å². The van der Waals surface area contributed by atoms with E-state index in [1.54, 1.807) is 0 Å². The van der Waals surface area contributed by atoms with Crippen molar-refractivity contribution in [1.29, 1.82) is 0 Å². The van der Waals surface area contributed by atoms with E-state index in [1.165, 1.54) is 6.07 Å². The van der Waals surface area contributed by atoms with Crippen molar-refractivity contribution in [2.24, 2.45) is 0 Å². The van der Waals surface area contributed by atoms with E-state index in [-0.39, 0.29) is 5.56 Å². The molecule has 2 rings (SSSR count). The average molecular weight is 323 g/mol. The molecule has 19 heavy (non-hydrogen) atoms. The molecule has 0 amide bonds. The van der Waals surface area contributed by atoms with Gasteiger partial charge in [-0.2, -0.15) is 4.98 Å². The first-order valence-corrected chi connectivity index (χ1v) is 6.83. The number of halogens is 1. The second-order valence-corrected chi connectivity index (χ2v) is 5.15. The zero-order valence-electron chi connectivity index (χ0n) is 11.1. The standard InChI is InChI=1S/C14H15BrN2O2/c1-4-11-16-12(18)7-13(17-11)19-10-5-8(2)14(15)9(3)6-10/h5-7H,4H2,1-3H3,(H,16,17,18). The van der Waals surface area contributed by atoms with Crippen LogP contribution in [-0.4, -0.2) is 9.97 Å². The minimum absolute atomic E-state index is 0.201. The van der Waals surface area contributed by atoms with Gasteiger partial charge >= 0.3 is 0 Å². The van der Waals surface area contributed by atoms with Crippen molar-refractivity contribution in [3.8, 4) is 11.6 Å². The Balaban J connectivity index is 2.36. The van der Waals surface area contributed by atoms with Crippen molar-refractivity contribution in [2.45, 2.75) is 27.2 Å². The minimum atomic E-state index is -0.201. The Kier molecular flexibility index (Phi) is 4.04. The summed E-state index contributed by atoms with van der Waals surface area (Å²) in [6.45, 7) is 5.91. The van der Waals surface area contributed by atoms with E-state index >= 15 is 0 Å². The van der Waals surface area contributed by atoms with E-state index in [0.29, 0.717) is 23.9 Å². The van der Waals surface area contributed by atoms with Crippen molar-refractivity contribution in [2.75, 3.05) is 0 Å². The van der Waals surface area contributed by atoms with Gasteiger partial charge in [0.1, 0.15) is 11.6 Å². The first-order chi connectivity index (χ1) is 8.99. The highest BCUT2D eigenvalue weighted by atomic mass is 79.9. The monoisotopic (exact) mass is 322 g/mol. The molecule has 0 atom stereocenters. The molecule has 0 aliphatic rings. The van der Waals surface area contributed by atoms with Crippen LogP contribution in [-0.2, 0) is 6.42 Å². The molecule has 0 spiro atoms. The molecule has 0 fully saturated rings. The fraction of sp³-hybridized carbons (Fsp3) is 0.286. The van der Waals surface area contributed by atoms with Gasteiger partial charge in [0.15, 0.2) is 0 Å². The summed E-state index contributed by atoms with van der Waals surface area (Å²) in [4.78, 5) is 18.4. The number of ether oxygens (including phenoxy) is 1. The zero-order chi connectivity index (χ0) is 14.0. The van der Waals surface area contributed by atoms with Gasteiger partial charge in [-0.1, -0.05) is 22.9 Å². The van der Waals surface area contributed by atoms with E-state index < -0.39 is 0 Å². The fourth-order valence-electron chi connectivity index (χ4n) is 1.79. The average Bonchev–Trinajstić information content (AvgIpc) is 2.35. The number of aromatic nitrogens is 2. The number of aryl methyl sites for hydroxylation is 3. The number of rotatable bonds is 3. The fourth-order valence-corrected chi connectivity index (χ4v) is 2.02. The SMILES string of the molecule is CCc1nc(Oc2cc(C)c(Br)c(C)c2)cc(=O)[nH]1. The Labute approximate surface area is 120 Å². The molecule has 4 nitrogen and oxygen atoms in total. The summed E-state index contributed by atoms with van der Waals surface area (Å²) in [6.07, 6.45) is 0.658. The molecule has 1 aromatic heterocycles. The van der Waals surface area contributed by atoms with Crippen LogP contribution in [0.2, 0.25) is 0 Å². The summed E-state index contributed by atoms with van der Waals surface area (Å²) in [6, 6.07) is 5.17. The maximum absolute atomic E-state index is 11.5. The zero-order valence-corrected chi connectivity index (χ0v) is 12.7. The highest BCUT2D eigenvalue weighted by Crippen LogP contribution is 2.28. The topological polar surface area (TPSA) is 55.0 Å². The second-order valence-electron chi connectivity index (χ2n) is 4.36. The molecule has 0 radical (unpaired) electrons. The van der Waals surface area contributed by atoms with E-state index in [0.717, 1.165) is 15.6 Å². The van der Waals surface area contributed by atoms with Gasteiger partial charge in [-0.15, -0.1) is 0 Å².